The lowest BCUT2D eigenvalue weighted by atomic mass is 9.95. The van der Waals surface area contributed by atoms with Gasteiger partial charge in [-0.05, 0) is 91.5 Å². The van der Waals surface area contributed by atoms with Crippen LogP contribution >= 0.6 is 0 Å². The molecule has 0 bridgehead atoms. The number of hydrogen-bond acceptors (Lipinski definition) is 6. The summed E-state index contributed by atoms with van der Waals surface area (Å²) < 4.78 is 5.17. The highest BCUT2D eigenvalue weighted by Gasteiger charge is 2.44. The molecule has 12 heteroatoms. The minimum absolute atomic E-state index is 0.0333. The Hall–Kier alpha value is -5.65. The molecule has 0 spiro atoms. The first-order valence-corrected chi connectivity index (χ1v) is 21.4. The van der Waals surface area contributed by atoms with E-state index in [0.717, 1.165) is 32.9 Å². The molecule has 3 aromatic carbocycles. The lowest BCUT2D eigenvalue weighted by Gasteiger charge is -2.36. The summed E-state index contributed by atoms with van der Waals surface area (Å²) in [6.07, 6.45) is -0.952. The molecule has 0 aliphatic carbocycles. The molecule has 2 unspecified atom stereocenters. The number of imide groups is 2. The van der Waals surface area contributed by atoms with Gasteiger partial charge in [0, 0.05) is 23.8 Å². The predicted molar refractivity (Wildman–Crippen MR) is 244 cm³/mol. The fraction of sp³-hybridized carbons (Fsp3) is 0.479. The highest BCUT2D eigenvalue weighted by molar-refractivity contribution is 5.96. The van der Waals surface area contributed by atoms with Gasteiger partial charge in [0.1, 0.15) is 12.1 Å². The normalized spacial score (nSPS) is 16.9. The Kier molecular flexibility index (Phi) is 26.0. The molecule has 5 rings (SSSR count). The van der Waals surface area contributed by atoms with Crippen molar-refractivity contribution in [3.05, 3.63) is 119 Å². The van der Waals surface area contributed by atoms with E-state index in [1.165, 1.54) is 4.90 Å². The molecule has 0 aromatic heterocycles. The number of nitrogens with zero attached hydrogens (tertiary/aromatic N) is 2. The standard InChI is InChI=1S/C16H21N3O2.C14H18N2O3.C12H17NO.3C2H6/c1-10(2)17-15(20)19-14(13-8-6-5-7-9-13)11(3)12(4)18-16(19)21;1-9(2)15-13(17)16-12(10(3)19-14(16)18)11-7-5-4-6-8-11;1-9(2)13-12(14)10(3)11-7-5-4-6-8-11;3*1-2/h5-10,14H,1-4H3,(H,17,20)(H,18,21);4-10,12H,1-3H3,(H,15,17);4-10H,1-3H3,(H,13,14);3*1-2H3/t14-;10?,12-;;;;/m11..../s1. The number of carbonyl (C=O) groups is 5. The first kappa shape index (κ1) is 54.3. The number of benzene rings is 3. The summed E-state index contributed by atoms with van der Waals surface area (Å²) in [6, 6.07) is 27.0. The minimum atomic E-state index is -0.598. The van der Waals surface area contributed by atoms with E-state index in [1.54, 1.807) is 6.92 Å². The Morgan fingerprint density at radius 1 is 0.600 bits per heavy atom. The van der Waals surface area contributed by atoms with Gasteiger partial charge in [-0.3, -0.25) is 4.79 Å². The SMILES string of the molecule is CC.CC.CC.CC(C)NC(=O)C(C)c1ccccc1.CC(C)NC(=O)N1C(=O)OC(C)[C@@H]1c1ccccc1.CC1=C(C)[C@H](c2ccccc2)N(C(=O)NC(C)C)C(=O)N1. The van der Waals surface area contributed by atoms with E-state index in [-0.39, 0.29) is 54.2 Å². The molecule has 0 saturated carbocycles. The number of carbonyl (C=O) groups excluding carboxylic acids is 5. The molecule has 60 heavy (non-hydrogen) atoms. The number of allylic oxidation sites excluding steroid dienone is 1. The van der Waals surface area contributed by atoms with Crippen LogP contribution in [0.25, 0.3) is 0 Å². The van der Waals surface area contributed by atoms with Crippen molar-refractivity contribution in [2.75, 3.05) is 0 Å². The van der Waals surface area contributed by atoms with Crippen LogP contribution in [-0.4, -0.2) is 64.1 Å². The zero-order valence-electron chi connectivity index (χ0n) is 39.0. The fourth-order valence-electron chi connectivity index (χ4n) is 5.90. The van der Waals surface area contributed by atoms with Crippen LogP contribution in [0.3, 0.4) is 0 Å². The Morgan fingerprint density at radius 3 is 1.43 bits per heavy atom. The molecule has 332 valence electrons. The van der Waals surface area contributed by atoms with Crippen LogP contribution in [-0.2, 0) is 9.53 Å². The van der Waals surface area contributed by atoms with Crippen molar-refractivity contribution < 1.29 is 28.7 Å². The Bertz CT molecular complexity index is 1750. The van der Waals surface area contributed by atoms with Crippen LogP contribution < -0.4 is 21.3 Å². The van der Waals surface area contributed by atoms with Gasteiger partial charge in [-0.15, -0.1) is 0 Å². The summed E-state index contributed by atoms with van der Waals surface area (Å²) in [5.74, 6) is 0.0183. The van der Waals surface area contributed by atoms with Crippen molar-refractivity contribution >= 4 is 30.1 Å². The first-order valence-electron chi connectivity index (χ1n) is 21.4. The lowest BCUT2D eigenvalue weighted by molar-refractivity contribution is -0.122. The summed E-state index contributed by atoms with van der Waals surface area (Å²) in [6.45, 7) is 30.9. The van der Waals surface area contributed by atoms with E-state index in [0.29, 0.717) is 0 Å². The zero-order chi connectivity index (χ0) is 46.1. The van der Waals surface area contributed by atoms with Crippen LogP contribution in [0.15, 0.2) is 102 Å². The smallest absolute Gasteiger partial charge is 0.419 e. The van der Waals surface area contributed by atoms with Crippen molar-refractivity contribution in [3.63, 3.8) is 0 Å². The molecule has 2 heterocycles. The number of cyclic esters (lactones) is 1. The lowest BCUT2D eigenvalue weighted by Crippen LogP contribution is -2.54. The van der Waals surface area contributed by atoms with Crippen molar-refractivity contribution in [3.8, 4) is 0 Å². The van der Waals surface area contributed by atoms with E-state index < -0.39 is 18.2 Å². The summed E-state index contributed by atoms with van der Waals surface area (Å²) >= 11 is 0. The zero-order valence-corrected chi connectivity index (χ0v) is 39.0. The average Bonchev–Trinajstić information content (AvgIpc) is 3.54. The third-order valence-corrected chi connectivity index (χ3v) is 8.62. The van der Waals surface area contributed by atoms with Crippen LogP contribution in [0.4, 0.5) is 19.2 Å². The summed E-state index contributed by atoms with van der Waals surface area (Å²) in [7, 11) is 0. The fourth-order valence-corrected chi connectivity index (χ4v) is 5.90. The van der Waals surface area contributed by atoms with Crippen molar-refractivity contribution in [2.24, 2.45) is 0 Å². The van der Waals surface area contributed by atoms with E-state index in [9.17, 15) is 24.0 Å². The van der Waals surface area contributed by atoms with Crippen LogP contribution in [0.2, 0.25) is 0 Å². The third kappa shape index (κ3) is 16.9. The molecule has 4 atom stereocenters. The molecule has 4 N–H and O–H groups in total. The largest absolute Gasteiger partial charge is 0.443 e. The number of hydrogen-bond donors (Lipinski definition) is 4. The van der Waals surface area contributed by atoms with Gasteiger partial charge in [-0.25, -0.2) is 29.0 Å². The highest BCUT2D eigenvalue weighted by atomic mass is 16.6. The van der Waals surface area contributed by atoms with E-state index in [4.69, 9.17) is 4.74 Å². The first-order chi connectivity index (χ1) is 28.5. The molecular formula is C48H74N6O6. The van der Waals surface area contributed by atoms with Gasteiger partial charge in [0.25, 0.3) is 0 Å². The van der Waals surface area contributed by atoms with Crippen molar-refractivity contribution in [2.45, 2.75) is 153 Å². The summed E-state index contributed by atoms with van der Waals surface area (Å²) in [4.78, 5) is 62.6. The Labute approximate surface area is 360 Å². The molecule has 2 aliphatic heterocycles. The molecule has 1 fully saturated rings. The van der Waals surface area contributed by atoms with Crippen molar-refractivity contribution in [1.29, 1.82) is 0 Å². The van der Waals surface area contributed by atoms with Gasteiger partial charge < -0.3 is 26.0 Å². The maximum Gasteiger partial charge on any atom is 0.419 e. The quantitative estimate of drug-likeness (QED) is 0.186. The maximum absolute atomic E-state index is 12.4. The van der Waals surface area contributed by atoms with Crippen molar-refractivity contribution in [1.82, 2.24) is 31.1 Å². The molecular weight excluding hydrogens is 757 g/mol. The molecule has 1 saturated heterocycles. The number of ether oxygens (including phenoxy) is 1. The third-order valence-electron chi connectivity index (χ3n) is 8.62. The average molecular weight is 831 g/mol. The molecule has 12 nitrogen and oxygen atoms in total. The topological polar surface area (TPSA) is 149 Å². The highest BCUT2D eigenvalue weighted by Crippen LogP contribution is 2.34. The van der Waals surface area contributed by atoms with Crippen LogP contribution in [0.5, 0.6) is 0 Å². The van der Waals surface area contributed by atoms with Crippen LogP contribution in [0, 0.1) is 0 Å². The predicted octanol–water partition coefficient (Wildman–Crippen LogP) is 11.2. The van der Waals surface area contributed by atoms with E-state index in [1.807, 2.05) is 195 Å². The minimum Gasteiger partial charge on any atom is -0.443 e. The molecule has 0 radical (unpaired) electrons. The summed E-state index contributed by atoms with van der Waals surface area (Å²) in [5, 5.41) is 11.1. The van der Waals surface area contributed by atoms with Gasteiger partial charge in [-0.1, -0.05) is 133 Å². The maximum atomic E-state index is 12.4. The number of urea groups is 3. The van der Waals surface area contributed by atoms with E-state index >= 15 is 0 Å². The number of amides is 8. The number of rotatable bonds is 7. The van der Waals surface area contributed by atoms with E-state index in [2.05, 4.69) is 21.3 Å². The second kappa shape index (κ2) is 28.7. The Morgan fingerprint density at radius 2 is 1.00 bits per heavy atom. The molecule has 8 amide bonds. The molecule has 3 aromatic rings. The van der Waals surface area contributed by atoms with Crippen LogP contribution in [0.1, 0.15) is 145 Å². The van der Waals surface area contributed by atoms with Gasteiger partial charge in [0.05, 0.1) is 12.0 Å². The molecule has 2 aliphatic rings. The van der Waals surface area contributed by atoms with Gasteiger partial charge >= 0.3 is 24.2 Å². The van der Waals surface area contributed by atoms with Gasteiger partial charge in [0.2, 0.25) is 5.91 Å². The number of nitrogens with one attached hydrogen (secondary N) is 4. The second-order valence-corrected chi connectivity index (χ2v) is 14.2. The summed E-state index contributed by atoms with van der Waals surface area (Å²) in [5.41, 5.74) is 4.62. The Balaban J connectivity index is 0.000000831. The monoisotopic (exact) mass is 831 g/mol. The van der Waals surface area contributed by atoms with Gasteiger partial charge in [-0.2, -0.15) is 0 Å². The van der Waals surface area contributed by atoms with Gasteiger partial charge in [0.15, 0.2) is 0 Å². The second-order valence-electron chi connectivity index (χ2n) is 14.2.